The van der Waals surface area contributed by atoms with Crippen molar-refractivity contribution in [1.82, 2.24) is 10.2 Å². The molecule has 6 nitrogen and oxygen atoms in total. The number of ether oxygens (including phenoxy) is 2. The molecule has 0 amide bonds. The van der Waals surface area contributed by atoms with Crippen LogP contribution in [0.5, 0.6) is 5.75 Å². The molecule has 1 heterocycles. The van der Waals surface area contributed by atoms with E-state index in [0.29, 0.717) is 13.0 Å². The summed E-state index contributed by atoms with van der Waals surface area (Å²) in [5.41, 5.74) is 1.11. The van der Waals surface area contributed by atoms with E-state index in [2.05, 4.69) is 54.9 Å². The number of esters is 1. The van der Waals surface area contributed by atoms with E-state index in [4.69, 9.17) is 9.47 Å². The van der Waals surface area contributed by atoms with Gasteiger partial charge in [-0.05, 0) is 30.5 Å². The molecule has 1 N–H and O–H groups in total. The number of hydrogen-bond donors (Lipinski definition) is 1. The van der Waals surface area contributed by atoms with Crippen molar-refractivity contribution in [3.05, 3.63) is 29.8 Å². The van der Waals surface area contributed by atoms with Gasteiger partial charge in [-0.15, -0.1) is 0 Å². The zero-order valence-electron chi connectivity index (χ0n) is 29.2. The van der Waals surface area contributed by atoms with Crippen LogP contribution in [0.4, 0.5) is 0 Å². The van der Waals surface area contributed by atoms with Crippen LogP contribution in [0.1, 0.15) is 148 Å². The molecule has 0 aliphatic carbocycles. The molecule has 0 bridgehead atoms. The zero-order valence-corrected chi connectivity index (χ0v) is 29.2. The number of unbranched alkanes of at least 4 members (excludes halogenated alkanes) is 18. The molecule has 0 spiro atoms. The third-order valence-corrected chi connectivity index (χ3v) is 8.95. The molecule has 1 aliphatic rings. The lowest BCUT2D eigenvalue weighted by Gasteiger charge is -2.18. The van der Waals surface area contributed by atoms with Gasteiger partial charge in [-0.3, -0.25) is 14.8 Å². The van der Waals surface area contributed by atoms with Crippen molar-refractivity contribution in [2.75, 3.05) is 40.4 Å². The zero-order chi connectivity index (χ0) is 31.7. The number of carbonyl (C=O) groups excluding carboxylic acids is 1. The second-order valence-corrected chi connectivity index (χ2v) is 13.1. The molecule has 44 heavy (non-hydrogen) atoms. The Morgan fingerprint density at radius 3 is 1.70 bits per heavy atom. The van der Waals surface area contributed by atoms with Gasteiger partial charge >= 0.3 is 11.9 Å². The summed E-state index contributed by atoms with van der Waals surface area (Å²) < 4.78 is 14.0. The molecule has 0 unspecified atom stereocenters. The average molecular weight is 615 g/mol. The summed E-state index contributed by atoms with van der Waals surface area (Å²) in [5.74, 6) is 1.73. The maximum absolute atomic E-state index is 13.2. The number of nitrogens with zero attached hydrogens (tertiary/aromatic N) is 2. The van der Waals surface area contributed by atoms with Gasteiger partial charge in [0.15, 0.2) is 6.04 Å². The highest BCUT2D eigenvalue weighted by Gasteiger charge is 2.31. The second kappa shape index (κ2) is 25.0. The number of hydrogen-bond acceptors (Lipinski definition) is 5. The SMILES string of the molecule is CCCCCCCCCCCCOC(=O)[C@H](Cc1ccc(OCCCCCCCCCCCC)cc1)NC1=[N+](C)CCN1C. The molecule has 252 valence electrons. The summed E-state index contributed by atoms with van der Waals surface area (Å²) in [6, 6.07) is 7.84. The highest BCUT2D eigenvalue weighted by Crippen LogP contribution is 2.16. The molecule has 0 radical (unpaired) electrons. The van der Waals surface area contributed by atoms with Crippen LogP contribution in [0.2, 0.25) is 0 Å². The molecule has 0 aromatic heterocycles. The number of nitrogens with one attached hydrogen (secondary N) is 1. The van der Waals surface area contributed by atoms with Crippen molar-refractivity contribution >= 4 is 11.9 Å². The van der Waals surface area contributed by atoms with Gasteiger partial charge < -0.3 is 9.47 Å². The molecule has 0 saturated heterocycles. The van der Waals surface area contributed by atoms with E-state index in [1.165, 1.54) is 109 Å². The Labute approximate surface area is 271 Å². The fourth-order valence-electron chi connectivity index (χ4n) is 5.97. The Balaban J connectivity index is 1.70. The number of benzene rings is 1. The molecule has 0 fully saturated rings. The fraction of sp³-hybridized carbons (Fsp3) is 0.789. The maximum atomic E-state index is 13.2. The van der Waals surface area contributed by atoms with Crippen molar-refractivity contribution in [3.8, 4) is 5.75 Å². The Hall–Kier alpha value is -2.24. The Morgan fingerprint density at radius 2 is 1.23 bits per heavy atom. The summed E-state index contributed by atoms with van der Waals surface area (Å²) in [6.45, 7) is 7.71. The topological polar surface area (TPSA) is 53.8 Å². The van der Waals surface area contributed by atoms with Crippen molar-refractivity contribution in [2.24, 2.45) is 0 Å². The van der Waals surface area contributed by atoms with Crippen LogP contribution in [-0.4, -0.2) is 67.8 Å². The van der Waals surface area contributed by atoms with Crippen molar-refractivity contribution < 1.29 is 18.8 Å². The van der Waals surface area contributed by atoms with Gasteiger partial charge in [-0.25, -0.2) is 4.79 Å². The lowest BCUT2D eigenvalue weighted by Crippen LogP contribution is -2.49. The van der Waals surface area contributed by atoms with E-state index in [1.54, 1.807) is 0 Å². The third-order valence-electron chi connectivity index (χ3n) is 8.95. The minimum absolute atomic E-state index is 0.164. The molecule has 1 aromatic carbocycles. The Morgan fingerprint density at radius 1 is 0.750 bits per heavy atom. The number of carbonyl (C=O) groups is 1. The van der Waals surface area contributed by atoms with E-state index in [9.17, 15) is 4.79 Å². The predicted molar refractivity (Wildman–Crippen MR) is 186 cm³/mol. The maximum Gasteiger partial charge on any atom is 0.348 e. The molecule has 2 rings (SSSR count). The van der Waals surface area contributed by atoms with Crippen LogP contribution >= 0.6 is 0 Å². The van der Waals surface area contributed by atoms with Gasteiger partial charge in [0.05, 0.1) is 40.4 Å². The summed E-state index contributed by atoms with van der Waals surface area (Å²) >= 11 is 0. The molecular weight excluding hydrogens is 546 g/mol. The summed E-state index contributed by atoms with van der Waals surface area (Å²) in [4.78, 5) is 15.4. The minimum atomic E-state index is -0.422. The highest BCUT2D eigenvalue weighted by molar-refractivity contribution is 5.84. The summed E-state index contributed by atoms with van der Waals surface area (Å²) in [5, 5.41) is 3.51. The quantitative estimate of drug-likeness (QED) is 0.0609. The van der Waals surface area contributed by atoms with Crippen LogP contribution in [0.3, 0.4) is 0 Å². The lowest BCUT2D eigenvalue weighted by molar-refractivity contribution is -0.488. The molecule has 1 aromatic rings. The third kappa shape index (κ3) is 17.3. The van der Waals surface area contributed by atoms with Gasteiger partial charge in [0.2, 0.25) is 0 Å². The molecule has 1 atom stereocenters. The van der Waals surface area contributed by atoms with Crippen LogP contribution in [0, 0.1) is 0 Å². The van der Waals surface area contributed by atoms with Crippen LogP contribution in [0.25, 0.3) is 0 Å². The first-order chi connectivity index (χ1) is 21.5. The van der Waals surface area contributed by atoms with Gasteiger partial charge in [0.25, 0.3) is 0 Å². The van der Waals surface area contributed by atoms with Gasteiger partial charge in [0.1, 0.15) is 5.75 Å². The number of rotatable bonds is 27. The first kappa shape index (κ1) is 37.9. The van der Waals surface area contributed by atoms with Crippen LogP contribution < -0.4 is 10.1 Å². The van der Waals surface area contributed by atoms with Gasteiger partial charge in [0, 0.05) is 6.42 Å². The lowest BCUT2D eigenvalue weighted by atomic mass is 10.1. The van der Waals surface area contributed by atoms with E-state index in [1.807, 2.05) is 12.1 Å². The average Bonchev–Trinajstić information content (AvgIpc) is 3.35. The van der Waals surface area contributed by atoms with Gasteiger partial charge in [-0.2, -0.15) is 0 Å². The first-order valence-electron chi connectivity index (χ1n) is 18.5. The summed E-state index contributed by atoms with van der Waals surface area (Å²) in [6.07, 6.45) is 26.6. The Bertz CT molecular complexity index is 886. The minimum Gasteiger partial charge on any atom is -0.494 e. The second-order valence-electron chi connectivity index (χ2n) is 13.1. The summed E-state index contributed by atoms with van der Waals surface area (Å²) in [7, 11) is 4.14. The normalized spacial score (nSPS) is 13.9. The van der Waals surface area contributed by atoms with E-state index < -0.39 is 6.04 Å². The van der Waals surface area contributed by atoms with Crippen LogP contribution in [-0.2, 0) is 16.0 Å². The van der Waals surface area contributed by atoms with Gasteiger partial charge in [-0.1, -0.05) is 142 Å². The largest absolute Gasteiger partial charge is 0.494 e. The molecule has 6 heteroatoms. The number of guanidine groups is 1. The van der Waals surface area contributed by atoms with Crippen molar-refractivity contribution in [1.29, 1.82) is 0 Å². The smallest absolute Gasteiger partial charge is 0.348 e. The predicted octanol–water partition coefficient (Wildman–Crippen LogP) is 8.89. The van der Waals surface area contributed by atoms with Crippen molar-refractivity contribution in [3.63, 3.8) is 0 Å². The van der Waals surface area contributed by atoms with E-state index >= 15 is 0 Å². The highest BCUT2D eigenvalue weighted by atomic mass is 16.5. The molecule has 0 saturated carbocycles. The van der Waals surface area contributed by atoms with Crippen molar-refractivity contribution in [2.45, 2.75) is 155 Å². The number of likely N-dealkylation sites (N-methyl/N-ethyl adjacent to an activating group) is 2. The monoisotopic (exact) mass is 615 g/mol. The molecular formula is C38H68N3O3+. The Kier molecular flexibility index (Phi) is 21.6. The van der Waals surface area contributed by atoms with Crippen LogP contribution in [0.15, 0.2) is 24.3 Å². The van der Waals surface area contributed by atoms with E-state index in [-0.39, 0.29) is 5.97 Å². The van der Waals surface area contributed by atoms with E-state index in [0.717, 1.165) is 56.2 Å². The fourth-order valence-corrected chi connectivity index (χ4v) is 5.97. The standard InChI is InChI=1S/C38H67N3O3/c1-5-7-9-11-13-15-17-19-21-23-31-43-35-27-25-34(26-28-35)33-36(39-38-40(3)29-30-41(38)4)37(42)44-32-24-22-20-18-16-14-12-10-8-6-2/h25-28,36H,5-24,29-33H2,1-4H3/p+1/t36-/m0/s1. The first-order valence-corrected chi connectivity index (χ1v) is 18.5. The molecule has 1 aliphatic heterocycles.